The Labute approximate surface area is 127 Å². The molecule has 0 saturated heterocycles. The van der Waals surface area contributed by atoms with Crippen LogP contribution in [0.4, 0.5) is 0 Å². The third-order valence-corrected chi connectivity index (χ3v) is 4.08. The topological polar surface area (TPSA) is 67.1 Å². The Bertz CT molecular complexity index is 433. The van der Waals surface area contributed by atoms with Gasteiger partial charge in [0, 0.05) is 20.1 Å². The molecule has 1 heterocycles. The number of hydrogen-bond acceptors (Lipinski definition) is 3. The molecule has 1 aromatic rings. The molecule has 0 aliphatic heterocycles. The lowest BCUT2D eigenvalue weighted by atomic mass is 10.0. The Kier molecular flexibility index (Phi) is 6.50. The zero-order valence-electron chi connectivity index (χ0n) is 13.3. The van der Waals surface area contributed by atoms with Gasteiger partial charge >= 0.3 is 0 Å². The van der Waals surface area contributed by atoms with Crippen molar-refractivity contribution >= 4 is 5.96 Å². The Balaban J connectivity index is 1.71. The van der Waals surface area contributed by atoms with Gasteiger partial charge < -0.3 is 15.2 Å². The maximum Gasteiger partial charge on any atom is 0.191 e. The average molecular weight is 292 g/mol. The van der Waals surface area contributed by atoms with Crippen molar-refractivity contribution in [3.05, 3.63) is 12.2 Å². The van der Waals surface area contributed by atoms with Crippen LogP contribution < -0.4 is 10.6 Å². The summed E-state index contributed by atoms with van der Waals surface area (Å²) < 4.78 is 1.90. The van der Waals surface area contributed by atoms with E-state index in [-0.39, 0.29) is 0 Å². The highest BCUT2D eigenvalue weighted by Gasteiger charge is 2.13. The predicted molar refractivity (Wildman–Crippen MR) is 85.0 cm³/mol. The van der Waals surface area contributed by atoms with E-state index in [1.165, 1.54) is 38.5 Å². The molecule has 0 unspecified atom stereocenters. The van der Waals surface area contributed by atoms with E-state index in [0.717, 1.165) is 30.8 Å². The Hall–Kier alpha value is -1.59. The van der Waals surface area contributed by atoms with Gasteiger partial charge in [0.1, 0.15) is 12.9 Å². The van der Waals surface area contributed by atoms with Crippen molar-refractivity contribution in [2.45, 2.75) is 52.0 Å². The van der Waals surface area contributed by atoms with E-state index < -0.39 is 0 Å². The lowest BCUT2D eigenvalue weighted by Crippen LogP contribution is -2.37. The quantitative estimate of drug-likeness (QED) is 0.457. The first-order valence-corrected chi connectivity index (χ1v) is 8.14. The van der Waals surface area contributed by atoms with Gasteiger partial charge in [-0.15, -0.1) is 10.2 Å². The van der Waals surface area contributed by atoms with Gasteiger partial charge in [-0.2, -0.15) is 0 Å². The molecule has 2 rings (SSSR count). The standard InChI is InChI=1S/C15H28N6/c1-3-16-15(18-11-14-20-19-12-21(14)2)17-10-6-9-13-7-4-5-8-13/h12-13H,3-11H2,1-2H3,(H2,16,17,18). The van der Waals surface area contributed by atoms with Crippen LogP contribution in [0.5, 0.6) is 0 Å². The molecule has 1 aromatic heterocycles. The Morgan fingerprint density at radius 3 is 2.86 bits per heavy atom. The number of nitrogens with zero attached hydrogens (tertiary/aromatic N) is 4. The summed E-state index contributed by atoms with van der Waals surface area (Å²) in [6.07, 6.45) is 9.99. The molecule has 1 fully saturated rings. The van der Waals surface area contributed by atoms with Crippen molar-refractivity contribution < 1.29 is 0 Å². The summed E-state index contributed by atoms with van der Waals surface area (Å²) >= 11 is 0. The molecule has 118 valence electrons. The van der Waals surface area contributed by atoms with E-state index in [0.29, 0.717) is 6.54 Å². The number of hydrogen-bond donors (Lipinski definition) is 2. The minimum Gasteiger partial charge on any atom is -0.357 e. The molecule has 0 amide bonds. The largest absolute Gasteiger partial charge is 0.357 e. The Morgan fingerprint density at radius 2 is 2.19 bits per heavy atom. The van der Waals surface area contributed by atoms with Crippen molar-refractivity contribution in [3.8, 4) is 0 Å². The lowest BCUT2D eigenvalue weighted by molar-refractivity contribution is 0.481. The van der Waals surface area contributed by atoms with E-state index in [1.807, 2.05) is 11.6 Å². The van der Waals surface area contributed by atoms with Crippen molar-refractivity contribution in [2.24, 2.45) is 18.0 Å². The molecule has 1 aliphatic carbocycles. The molecule has 0 radical (unpaired) electrons. The van der Waals surface area contributed by atoms with Gasteiger partial charge in [-0.1, -0.05) is 25.7 Å². The number of aryl methyl sites for hydroxylation is 1. The van der Waals surface area contributed by atoms with Crippen LogP contribution in [0, 0.1) is 5.92 Å². The molecule has 6 nitrogen and oxygen atoms in total. The highest BCUT2D eigenvalue weighted by Crippen LogP contribution is 2.28. The number of aliphatic imine (C=N–C) groups is 1. The van der Waals surface area contributed by atoms with Crippen molar-refractivity contribution in [1.82, 2.24) is 25.4 Å². The van der Waals surface area contributed by atoms with Crippen LogP contribution in [-0.2, 0) is 13.6 Å². The van der Waals surface area contributed by atoms with Crippen molar-refractivity contribution in [1.29, 1.82) is 0 Å². The molecule has 0 aromatic carbocycles. The zero-order chi connectivity index (χ0) is 14.9. The summed E-state index contributed by atoms with van der Waals surface area (Å²) in [5.41, 5.74) is 0. The van der Waals surface area contributed by atoms with Gasteiger partial charge in [0.15, 0.2) is 11.8 Å². The smallest absolute Gasteiger partial charge is 0.191 e. The van der Waals surface area contributed by atoms with Crippen molar-refractivity contribution in [3.63, 3.8) is 0 Å². The minimum absolute atomic E-state index is 0.550. The second kappa shape index (κ2) is 8.64. The van der Waals surface area contributed by atoms with Crippen LogP contribution in [-0.4, -0.2) is 33.8 Å². The number of guanidine groups is 1. The van der Waals surface area contributed by atoms with E-state index >= 15 is 0 Å². The van der Waals surface area contributed by atoms with Crippen LogP contribution >= 0.6 is 0 Å². The van der Waals surface area contributed by atoms with Gasteiger partial charge in [-0.3, -0.25) is 0 Å². The summed E-state index contributed by atoms with van der Waals surface area (Å²) in [6.45, 7) is 4.49. The molecule has 0 atom stereocenters. The van der Waals surface area contributed by atoms with E-state index in [9.17, 15) is 0 Å². The van der Waals surface area contributed by atoms with Gasteiger partial charge in [-0.05, 0) is 25.7 Å². The van der Waals surface area contributed by atoms with Crippen molar-refractivity contribution in [2.75, 3.05) is 13.1 Å². The highest BCUT2D eigenvalue weighted by atomic mass is 15.3. The first-order chi connectivity index (χ1) is 10.3. The summed E-state index contributed by atoms with van der Waals surface area (Å²) in [6, 6.07) is 0. The second-order valence-electron chi connectivity index (χ2n) is 5.77. The van der Waals surface area contributed by atoms with Crippen LogP contribution in [0.3, 0.4) is 0 Å². The van der Waals surface area contributed by atoms with Crippen LogP contribution in [0.2, 0.25) is 0 Å². The van der Waals surface area contributed by atoms with Gasteiger partial charge in [0.2, 0.25) is 0 Å². The predicted octanol–water partition coefficient (Wildman–Crippen LogP) is 1.84. The van der Waals surface area contributed by atoms with Crippen LogP contribution in [0.15, 0.2) is 11.3 Å². The first-order valence-electron chi connectivity index (χ1n) is 8.14. The monoisotopic (exact) mass is 292 g/mol. The van der Waals surface area contributed by atoms with Crippen LogP contribution in [0.25, 0.3) is 0 Å². The third kappa shape index (κ3) is 5.36. The van der Waals surface area contributed by atoms with E-state index in [2.05, 4.69) is 32.7 Å². The minimum atomic E-state index is 0.550. The molecule has 2 N–H and O–H groups in total. The molecular formula is C15H28N6. The fraction of sp³-hybridized carbons (Fsp3) is 0.800. The average Bonchev–Trinajstić information content (AvgIpc) is 3.12. The van der Waals surface area contributed by atoms with Crippen LogP contribution in [0.1, 0.15) is 51.3 Å². The maximum atomic E-state index is 4.56. The summed E-state index contributed by atoms with van der Waals surface area (Å²) in [5, 5.41) is 14.6. The molecule has 1 aliphatic rings. The summed E-state index contributed by atoms with van der Waals surface area (Å²) in [4.78, 5) is 4.56. The van der Waals surface area contributed by atoms with E-state index in [1.54, 1.807) is 6.33 Å². The number of rotatable bonds is 7. The van der Waals surface area contributed by atoms with E-state index in [4.69, 9.17) is 0 Å². The summed E-state index contributed by atoms with van der Waals surface area (Å²) in [7, 11) is 1.94. The lowest BCUT2D eigenvalue weighted by Gasteiger charge is -2.12. The van der Waals surface area contributed by atoms with Gasteiger partial charge in [-0.25, -0.2) is 4.99 Å². The maximum absolute atomic E-state index is 4.56. The molecule has 6 heteroatoms. The third-order valence-electron chi connectivity index (χ3n) is 4.08. The fourth-order valence-electron chi connectivity index (χ4n) is 2.84. The second-order valence-corrected chi connectivity index (χ2v) is 5.77. The molecule has 1 saturated carbocycles. The zero-order valence-corrected chi connectivity index (χ0v) is 13.3. The molecular weight excluding hydrogens is 264 g/mol. The Morgan fingerprint density at radius 1 is 1.38 bits per heavy atom. The van der Waals surface area contributed by atoms with Gasteiger partial charge in [0.25, 0.3) is 0 Å². The normalized spacial score (nSPS) is 16.4. The fourth-order valence-corrected chi connectivity index (χ4v) is 2.84. The molecule has 0 spiro atoms. The number of aromatic nitrogens is 3. The van der Waals surface area contributed by atoms with Gasteiger partial charge in [0.05, 0.1) is 0 Å². The SMILES string of the molecule is CCNC(=NCc1nncn1C)NCCCC1CCCC1. The highest BCUT2D eigenvalue weighted by molar-refractivity contribution is 5.79. The summed E-state index contributed by atoms with van der Waals surface area (Å²) in [5.74, 6) is 2.70. The number of nitrogens with one attached hydrogen (secondary N) is 2. The molecule has 21 heavy (non-hydrogen) atoms. The first kappa shape index (κ1) is 15.8. The molecule has 0 bridgehead atoms.